The van der Waals surface area contributed by atoms with Crippen molar-refractivity contribution in [1.29, 1.82) is 0 Å². The van der Waals surface area contributed by atoms with Gasteiger partial charge < -0.3 is 10.2 Å². The fourth-order valence-electron chi connectivity index (χ4n) is 2.76. The van der Waals surface area contributed by atoms with Gasteiger partial charge in [0.25, 0.3) is 5.91 Å². The zero-order valence-corrected chi connectivity index (χ0v) is 11.5. The van der Waals surface area contributed by atoms with Crippen molar-refractivity contribution in [3.8, 4) is 0 Å². The lowest BCUT2D eigenvalue weighted by atomic mass is 9.62. The van der Waals surface area contributed by atoms with Crippen LogP contribution in [0.4, 0.5) is 0 Å². The summed E-state index contributed by atoms with van der Waals surface area (Å²) >= 11 is 0. The summed E-state index contributed by atoms with van der Waals surface area (Å²) in [6.07, 6.45) is 4.28. The van der Waals surface area contributed by atoms with Crippen LogP contribution < -0.4 is 5.32 Å². The fraction of sp³-hybridized carbons (Fsp3) is 0.571. The first-order valence-electron chi connectivity index (χ1n) is 6.30. The van der Waals surface area contributed by atoms with E-state index in [4.69, 9.17) is 0 Å². The molecule has 0 spiro atoms. The summed E-state index contributed by atoms with van der Waals surface area (Å²) in [6, 6.07) is 4.33. The van der Waals surface area contributed by atoms with E-state index < -0.39 is 0 Å². The second kappa shape index (κ2) is 4.69. The number of nitrogens with one attached hydrogen (secondary N) is 1. The van der Waals surface area contributed by atoms with Gasteiger partial charge in [-0.05, 0) is 32.6 Å². The lowest BCUT2D eigenvalue weighted by Gasteiger charge is -2.55. The van der Waals surface area contributed by atoms with Crippen LogP contribution in [0.2, 0.25) is 0 Å². The molecule has 0 unspecified atom stereocenters. The highest BCUT2D eigenvalue weighted by molar-refractivity contribution is 5.94. The molecule has 18 heavy (non-hydrogen) atoms. The number of rotatable bonds is 3. The van der Waals surface area contributed by atoms with Gasteiger partial charge in [-0.25, -0.2) is 0 Å². The Morgan fingerprint density at radius 1 is 1.50 bits per heavy atom. The molecule has 0 saturated heterocycles. The van der Waals surface area contributed by atoms with Crippen molar-refractivity contribution in [2.24, 2.45) is 5.41 Å². The summed E-state index contributed by atoms with van der Waals surface area (Å²) in [5.41, 5.74) is 0.739. The largest absolute Gasteiger partial charge is 0.349 e. The summed E-state index contributed by atoms with van der Waals surface area (Å²) in [5, 5.41) is 3.10. The first-order valence-corrected chi connectivity index (χ1v) is 6.30. The van der Waals surface area contributed by atoms with Crippen LogP contribution in [0.5, 0.6) is 0 Å². The molecule has 4 nitrogen and oxygen atoms in total. The molecule has 4 heteroatoms. The standard InChI is InChI=1S/C14H21N3O/c1-14(2)11(8-12(14)17(3)4)16-13(18)10-6-5-7-15-9-10/h5-7,9,11-12H,8H2,1-4H3,(H,16,18)/t11-,12+/m1/s1. The molecule has 98 valence electrons. The quantitative estimate of drug-likeness (QED) is 0.881. The van der Waals surface area contributed by atoms with Crippen LogP contribution in [-0.2, 0) is 0 Å². The van der Waals surface area contributed by atoms with Crippen molar-refractivity contribution in [3.05, 3.63) is 30.1 Å². The van der Waals surface area contributed by atoms with Gasteiger partial charge >= 0.3 is 0 Å². The molecule has 0 aliphatic heterocycles. The maximum Gasteiger partial charge on any atom is 0.253 e. The van der Waals surface area contributed by atoms with Crippen LogP contribution in [0.3, 0.4) is 0 Å². The number of hydrogen-bond acceptors (Lipinski definition) is 3. The smallest absolute Gasteiger partial charge is 0.253 e. The van der Waals surface area contributed by atoms with Crippen LogP contribution in [0, 0.1) is 5.41 Å². The summed E-state index contributed by atoms with van der Waals surface area (Å²) in [5.74, 6) is -0.0293. The molecule has 1 aliphatic carbocycles. The molecule has 2 rings (SSSR count). The normalized spacial score (nSPS) is 25.6. The lowest BCUT2D eigenvalue weighted by Crippen LogP contribution is -2.65. The Labute approximate surface area is 108 Å². The lowest BCUT2D eigenvalue weighted by molar-refractivity contribution is -0.0107. The van der Waals surface area contributed by atoms with Gasteiger partial charge in [-0.2, -0.15) is 0 Å². The van der Waals surface area contributed by atoms with Crippen LogP contribution in [0.1, 0.15) is 30.6 Å². The average molecular weight is 247 g/mol. The highest BCUT2D eigenvalue weighted by Crippen LogP contribution is 2.43. The molecular weight excluding hydrogens is 226 g/mol. The predicted molar refractivity (Wildman–Crippen MR) is 71.4 cm³/mol. The van der Waals surface area contributed by atoms with Gasteiger partial charge in [-0.15, -0.1) is 0 Å². The van der Waals surface area contributed by atoms with Crippen molar-refractivity contribution in [2.75, 3.05) is 14.1 Å². The summed E-state index contributed by atoms with van der Waals surface area (Å²) in [7, 11) is 4.18. The van der Waals surface area contributed by atoms with Crippen molar-refractivity contribution in [1.82, 2.24) is 15.2 Å². The number of hydrogen-bond donors (Lipinski definition) is 1. The van der Waals surface area contributed by atoms with E-state index in [9.17, 15) is 4.79 Å². The molecule has 2 atom stereocenters. The van der Waals surface area contributed by atoms with E-state index in [0.717, 1.165) is 6.42 Å². The van der Waals surface area contributed by atoms with Crippen molar-refractivity contribution < 1.29 is 4.79 Å². The maximum atomic E-state index is 12.0. The minimum Gasteiger partial charge on any atom is -0.349 e. The molecule has 1 N–H and O–H groups in total. The molecule has 1 aromatic heterocycles. The minimum atomic E-state index is -0.0293. The van der Waals surface area contributed by atoms with E-state index in [1.165, 1.54) is 0 Å². The molecule has 0 radical (unpaired) electrons. The Kier molecular flexibility index (Phi) is 3.39. The number of carbonyl (C=O) groups is 1. The third kappa shape index (κ3) is 2.25. The third-order valence-electron chi connectivity index (χ3n) is 4.07. The number of pyridine rings is 1. The van der Waals surface area contributed by atoms with Crippen molar-refractivity contribution in [2.45, 2.75) is 32.4 Å². The Hall–Kier alpha value is -1.42. The van der Waals surface area contributed by atoms with Crippen LogP contribution in [0.15, 0.2) is 24.5 Å². The molecule has 1 saturated carbocycles. The van der Waals surface area contributed by atoms with Gasteiger partial charge in [-0.3, -0.25) is 9.78 Å². The molecular formula is C14H21N3O. The molecule has 1 heterocycles. The second-order valence-electron chi connectivity index (χ2n) is 5.80. The second-order valence-corrected chi connectivity index (χ2v) is 5.80. The van der Waals surface area contributed by atoms with Gasteiger partial charge in [0, 0.05) is 29.9 Å². The van der Waals surface area contributed by atoms with Crippen molar-refractivity contribution >= 4 is 5.91 Å². The SMILES string of the molecule is CN(C)[C@H]1C[C@@H](NC(=O)c2cccnc2)C1(C)C. The maximum absolute atomic E-state index is 12.0. The fourth-order valence-corrected chi connectivity index (χ4v) is 2.76. The van der Waals surface area contributed by atoms with Gasteiger partial charge in [0.05, 0.1) is 5.56 Å². The molecule has 1 amide bonds. The zero-order chi connectivity index (χ0) is 13.3. The van der Waals surface area contributed by atoms with E-state index >= 15 is 0 Å². The van der Waals surface area contributed by atoms with E-state index in [1.54, 1.807) is 24.5 Å². The molecule has 1 fully saturated rings. The van der Waals surface area contributed by atoms with E-state index in [2.05, 4.69) is 43.1 Å². The molecule has 0 bridgehead atoms. The number of aromatic nitrogens is 1. The van der Waals surface area contributed by atoms with E-state index in [0.29, 0.717) is 11.6 Å². The summed E-state index contributed by atoms with van der Waals surface area (Å²) in [6.45, 7) is 4.41. The number of amides is 1. The molecule has 1 aliphatic rings. The highest BCUT2D eigenvalue weighted by Gasteiger charge is 2.49. The average Bonchev–Trinajstić information content (AvgIpc) is 2.34. The van der Waals surface area contributed by atoms with E-state index in [1.807, 2.05) is 0 Å². The van der Waals surface area contributed by atoms with Gasteiger partial charge in [-0.1, -0.05) is 13.8 Å². The predicted octanol–water partition coefficient (Wildman–Crippen LogP) is 1.54. The number of nitrogens with zero attached hydrogens (tertiary/aromatic N) is 2. The summed E-state index contributed by atoms with van der Waals surface area (Å²) in [4.78, 5) is 18.2. The first-order chi connectivity index (χ1) is 8.43. The van der Waals surface area contributed by atoms with Crippen LogP contribution in [0.25, 0.3) is 0 Å². The highest BCUT2D eigenvalue weighted by atomic mass is 16.1. The Bertz CT molecular complexity index is 428. The Morgan fingerprint density at radius 2 is 2.22 bits per heavy atom. The summed E-state index contributed by atoms with van der Waals surface area (Å²) < 4.78 is 0. The van der Waals surface area contributed by atoms with Gasteiger partial charge in [0.15, 0.2) is 0 Å². The molecule has 1 aromatic rings. The molecule has 0 aromatic carbocycles. The van der Waals surface area contributed by atoms with Crippen molar-refractivity contribution in [3.63, 3.8) is 0 Å². The first kappa shape index (κ1) is 13.0. The Balaban J connectivity index is 1.99. The zero-order valence-electron chi connectivity index (χ0n) is 11.5. The van der Waals surface area contributed by atoms with Crippen LogP contribution in [-0.4, -0.2) is 42.0 Å². The van der Waals surface area contributed by atoms with Gasteiger partial charge in [0.1, 0.15) is 0 Å². The van der Waals surface area contributed by atoms with Gasteiger partial charge in [0.2, 0.25) is 0 Å². The monoisotopic (exact) mass is 247 g/mol. The number of carbonyl (C=O) groups excluding carboxylic acids is 1. The van der Waals surface area contributed by atoms with Crippen LogP contribution >= 0.6 is 0 Å². The topological polar surface area (TPSA) is 45.2 Å². The van der Waals surface area contributed by atoms with E-state index in [-0.39, 0.29) is 17.4 Å². The Morgan fingerprint density at radius 3 is 2.72 bits per heavy atom. The third-order valence-corrected chi connectivity index (χ3v) is 4.07. The minimum absolute atomic E-state index is 0.0293.